The van der Waals surface area contributed by atoms with Crippen LogP contribution in [0.5, 0.6) is 0 Å². The van der Waals surface area contributed by atoms with Gasteiger partial charge in [-0.3, -0.25) is 23.2 Å². The topological polar surface area (TPSA) is 285 Å². The van der Waals surface area contributed by atoms with E-state index < -0.39 is 54.1 Å². The first-order chi connectivity index (χ1) is 14.2. The molecule has 0 amide bonds. The summed E-state index contributed by atoms with van der Waals surface area (Å²) in [4.78, 5) is 61.0. The number of phosphoric acid groups is 3. The summed E-state index contributed by atoms with van der Waals surface area (Å²) in [7, 11) is -17.3. The van der Waals surface area contributed by atoms with Gasteiger partial charge in [-0.1, -0.05) is 0 Å². The molecule has 0 aliphatic carbocycles. The van der Waals surface area contributed by atoms with Gasteiger partial charge in [0.05, 0.1) is 26.9 Å². The molecule has 2 aromatic rings. The zero-order valence-corrected chi connectivity index (χ0v) is 19.6. The molecule has 1 saturated heterocycles. The Balaban J connectivity index is 0.00000272. The number of aromatic amines is 1. The van der Waals surface area contributed by atoms with Gasteiger partial charge >= 0.3 is 53.4 Å². The molecule has 1 aliphatic heterocycles. The van der Waals surface area contributed by atoms with Gasteiger partial charge in [0.2, 0.25) is 5.95 Å². The van der Waals surface area contributed by atoms with Crippen molar-refractivity contribution in [3.05, 3.63) is 16.7 Å². The molecule has 0 radical (unpaired) electrons. The largest absolute Gasteiger partial charge is 1.00 e. The number of fused-ring (bicyclic) bond motifs is 1. The smallest absolute Gasteiger partial charge is 0.789 e. The number of nitrogen functional groups attached to an aromatic ring is 1. The second-order valence-corrected chi connectivity index (χ2v) is 10.4. The van der Waals surface area contributed by atoms with Gasteiger partial charge in [-0.2, -0.15) is 9.29 Å². The fraction of sp³-hybridized carbons (Fsp3) is 0.500. The van der Waals surface area contributed by atoms with E-state index in [1.165, 1.54) is 10.9 Å². The van der Waals surface area contributed by atoms with Crippen LogP contribution in [0.15, 0.2) is 11.1 Å². The molecule has 1 aliphatic rings. The van der Waals surface area contributed by atoms with E-state index >= 15 is 0 Å². The Bertz CT molecular complexity index is 1190. The number of rotatable bonds is 8. The summed E-state index contributed by atoms with van der Waals surface area (Å²) >= 11 is 0. The molecule has 0 saturated carbocycles. The summed E-state index contributed by atoms with van der Waals surface area (Å²) in [6.45, 7) is -0.874. The Morgan fingerprint density at radius 1 is 1.24 bits per heavy atom. The Kier molecular flexibility index (Phi) is 10.4. The SMILES string of the molecule is [15NH2]c1[15n]c2c([15n]c[15n]2[C@H]2CC(O)[C@@H](COP(=O)(O)OP(=O)(O)OP(=O)([O-])[O-])O2)c(=O)[15nH]1.[Li+].[Li+]. The molecular formula is C10H14Li2N5O13P3. The predicted octanol–water partition coefficient (Wildman–Crippen LogP) is -8.56. The molecule has 5 atom stereocenters. The number of H-pyrrole nitrogens is 1. The minimum Gasteiger partial charge on any atom is -0.789 e. The van der Waals surface area contributed by atoms with E-state index in [0.29, 0.717) is 0 Å². The number of ether oxygens (including phenoxy) is 1. The summed E-state index contributed by atoms with van der Waals surface area (Å²) in [6.07, 6.45) is -2.45. The van der Waals surface area contributed by atoms with Crippen LogP contribution in [0.1, 0.15) is 12.6 Å². The molecule has 6 N–H and O–H groups in total. The minimum absolute atomic E-state index is 0. The van der Waals surface area contributed by atoms with Crippen LogP contribution in [0.3, 0.4) is 0 Å². The average molecular weight is 524 g/mol. The van der Waals surface area contributed by atoms with Gasteiger partial charge in [-0.15, -0.1) is 0 Å². The van der Waals surface area contributed by atoms with Crippen molar-refractivity contribution in [1.82, 2.24) is 19.5 Å². The normalized spacial score (nSPS) is 24.5. The molecule has 2 aromatic heterocycles. The first-order valence-electron chi connectivity index (χ1n) is 7.96. The van der Waals surface area contributed by atoms with E-state index in [9.17, 15) is 38.3 Å². The molecule has 3 unspecified atom stereocenters. The number of aliphatic hydroxyl groups excluding tert-OH is 1. The summed E-state index contributed by atoms with van der Waals surface area (Å²) in [6, 6.07) is 0. The maximum atomic E-state index is 11.8. The Morgan fingerprint density at radius 2 is 1.88 bits per heavy atom. The standard InChI is InChI=1S/C10H16N5O13P3.2Li/c11-10-13-8-7(9(17)14-10)12-3-15(8)6-1-4(16)5(26-6)2-25-30(21,22)28-31(23,24)27-29(18,19)20;;/h3-6,16H,1-2H2,(H,21,22)(H,23,24)(H2,18,19,20)(H3,11,13,14,17);;/q;2*+1/p-2/t4?,5-,6-;;/m1../s1/i11+1,12+1,13+1,14+1,15+1;;. The molecule has 33 heavy (non-hydrogen) atoms. The van der Waals surface area contributed by atoms with Crippen molar-refractivity contribution >= 4 is 40.6 Å². The number of hydrogen-bond acceptors (Lipinski definition) is 14. The van der Waals surface area contributed by atoms with Crippen LogP contribution in [0.25, 0.3) is 11.2 Å². The second-order valence-electron chi connectivity index (χ2n) is 6.05. The van der Waals surface area contributed by atoms with Crippen molar-refractivity contribution in [2.75, 3.05) is 12.3 Å². The number of imidazole rings is 1. The molecule has 23 heteroatoms. The van der Waals surface area contributed by atoms with Gasteiger partial charge in [-0.05, 0) is 0 Å². The summed E-state index contributed by atoms with van der Waals surface area (Å²) in [5, 5.41) is 10.1. The number of nitrogens with two attached hydrogens (primary N) is 1. The third-order valence-electron chi connectivity index (χ3n) is 3.78. The maximum absolute atomic E-state index is 11.8. The minimum atomic E-state index is -6.02. The van der Waals surface area contributed by atoms with Crippen LogP contribution in [0, 0.1) is 0 Å². The van der Waals surface area contributed by atoms with Crippen LogP contribution in [-0.4, -0.2) is 53.2 Å². The molecule has 1 fully saturated rings. The second kappa shape index (κ2) is 11.2. The van der Waals surface area contributed by atoms with Crippen molar-refractivity contribution in [3.8, 4) is 0 Å². The van der Waals surface area contributed by atoms with E-state index in [0.717, 1.165) is 0 Å². The zero-order chi connectivity index (χ0) is 23.2. The molecule has 0 aromatic carbocycles. The molecule has 3 heterocycles. The predicted molar refractivity (Wildman–Crippen MR) is 92.5 cm³/mol. The first-order valence-corrected chi connectivity index (χ1v) is 12.4. The molecular weight excluding hydrogens is 510 g/mol. The van der Waals surface area contributed by atoms with Crippen LogP contribution in [0.4, 0.5) is 5.95 Å². The van der Waals surface area contributed by atoms with Crippen LogP contribution < -0.4 is 58.8 Å². The fourth-order valence-corrected chi connectivity index (χ4v) is 5.62. The Morgan fingerprint density at radius 3 is 2.48 bits per heavy atom. The monoisotopic (exact) mass is 524 g/mol. The van der Waals surface area contributed by atoms with Crippen molar-refractivity contribution in [1.29, 1.82) is 0 Å². The molecule has 0 bridgehead atoms. The van der Waals surface area contributed by atoms with Crippen molar-refractivity contribution in [2.45, 2.75) is 24.9 Å². The third kappa shape index (κ3) is 8.10. The zero-order valence-electron chi connectivity index (χ0n) is 16.9. The van der Waals surface area contributed by atoms with Crippen LogP contribution in [0.2, 0.25) is 0 Å². The van der Waals surface area contributed by atoms with Gasteiger partial charge < -0.3 is 39.7 Å². The van der Waals surface area contributed by atoms with Crippen LogP contribution >= 0.6 is 23.5 Å². The first kappa shape index (κ1) is 30.7. The number of aliphatic hydroxyl groups is 1. The quantitative estimate of drug-likeness (QED) is 0.122. The van der Waals surface area contributed by atoms with Crippen molar-refractivity contribution < 1.29 is 94.0 Å². The van der Waals surface area contributed by atoms with Crippen molar-refractivity contribution in [2.24, 2.45) is 0 Å². The summed E-state index contributed by atoms with van der Waals surface area (Å²) < 4.78 is 51.4. The molecule has 174 valence electrons. The molecule has 3 rings (SSSR count). The molecule has 0 spiro atoms. The number of hydrogen-bond donors (Lipinski definition) is 5. The molecule has 18 nitrogen and oxygen atoms in total. The fourth-order valence-electron chi connectivity index (χ4n) is 2.65. The van der Waals surface area contributed by atoms with E-state index in [1.807, 2.05) is 0 Å². The van der Waals surface area contributed by atoms with Gasteiger partial charge in [0.25, 0.3) is 5.56 Å². The Hall–Kier alpha value is -0.325. The third-order valence-corrected chi connectivity index (χ3v) is 7.53. The summed E-state index contributed by atoms with van der Waals surface area (Å²) in [5.74, 6) is -0.201. The maximum Gasteiger partial charge on any atom is 1.00 e. The van der Waals surface area contributed by atoms with E-state index in [4.69, 9.17) is 15.4 Å². The number of nitrogens with one attached hydrogen (secondary N) is 1. The number of nitrogens with zero attached hydrogens (tertiary/aromatic N) is 3. The van der Waals surface area contributed by atoms with Crippen LogP contribution in [-0.2, 0) is 31.6 Å². The van der Waals surface area contributed by atoms with Gasteiger partial charge in [0.1, 0.15) is 12.3 Å². The number of phosphoric ester groups is 1. The Labute approximate surface area is 207 Å². The van der Waals surface area contributed by atoms with E-state index in [2.05, 4.69) is 28.1 Å². The van der Waals surface area contributed by atoms with E-state index in [1.54, 1.807) is 0 Å². The van der Waals surface area contributed by atoms with Gasteiger partial charge in [0, 0.05) is 6.42 Å². The van der Waals surface area contributed by atoms with Gasteiger partial charge in [0.15, 0.2) is 11.2 Å². The number of aromatic nitrogens is 4. The average Bonchev–Trinajstić information content (AvgIpc) is 3.13. The van der Waals surface area contributed by atoms with Gasteiger partial charge in [-0.25, -0.2) is 14.1 Å². The van der Waals surface area contributed by atoms with Crippen molar-refractivity contribution in [3.63, 3.8) is 0 Å². The summed E-state index contributed by atoms with van der Waals surface area (Å²) in [5.41, 5.74) is 4.85. The number of anilines is 1. The van der Waals surface area contributed by atoms with E-state index in [-0.39, 0.29) is 61.3 Å².